The molecular weight excluding hydrogens is 472 g/mol. The first-order chi connectivity index (χ1) is 18.3. The Morgan fingerprint density at radius 2 is 0.921 bits per heavy atom. The van der Waals surface area contributed by atoms with E-state index in [1.807, 2.05) is 100 Å². The second-order valence-corrected chi connectivity index (χ2v) is 9.64. The quantitative estimate of drug-likeness (QED) is 0.301. The van der Waals surface area contributed by atoms with Gasteiger partial charge in [-0.15, -0.1) is 0 Å². The van der Waals surface area contributed by atoms with Gasteiger partial charge in [-0.05, 0) is 98.5 Å². The normalized spacial score (nSPS) is 11.4. The standard InChI is InChI=1S/C32H26N4O2/c1-19-17-23(13-15-29(19)35-21(3)33-27-11-7-5-9-25(27)31(35)37)24-14-16-30(20(2)18-24)36-22(4)34-28-12-8-6-10-26(28)32(36)38/h5-18H,1-4H3. The van der Waals surface area contributed by atoms with Gasteiger partial charge in [-0.3, -0.25) is 18.7 Å². The van der Waals surface area contributed by atoms with Crippen LogP contribution in [-0.4, -0.2) is 19.1 Å². The van der Waals surface area contributed by atoms with E-state index in [1.54, 1.807) is 9.13 Å². The van der Waals surface area contributed by atoms with Crippen LogP contribution in [0.15, 0.2) is 94.5 Å². The predicted molar refractivity (Wildman–Crippen MR) is 153 cm³/mol. The molecule has 0 unspecified atom stereocenters. The Hall–Kier alpha value is -4.84. The number of fused-ring (bicyclic) bond motifs is 2. The third-order valence-electron chi connectivity index (χ3n) is 7.10. The molecule has 0 N–H and O–H groups in total. The summed E-state index contributed by atoms with van der Waals surface area (Å²) in [6, 6.07) is 27.0. The van der Waals surface area contributed by atoms with Crippen LogP contribution in [0.25, 0.3) is 44.3 Å². The SMILES string of the molecule is Cc1cc(-c2ccc(-n3c(C)nc4ccccc4c3=O)c(C)c2)ccc1-n1c(C)nc2ccccc2c1=O. The lowest BCUT2D eigenvalue weighted by Crippen LogP contribution is -2.23. The number of rotatable bonds is 3. The van der Waals surface area contributed by atoms with E-state index < -0.39 is 0 Å². The Bertz CT molecular complexity index is 1870. The van der Waals surface area contributed by atoms with E-state index in [4.69, 9.17) is 0 Å². The Balaban J connectivity index is 1.42. The molecule has 4 aromatic carbocycles. The summed E-state index contributed by atoms with van der Waals surface area (Å²) >= 11 is 0. The van der Waals surface area contributed by atoms with E-state index in [0.29, 0.717) is 33.5 Å². The largest absolute Gasteiger partial charge is 0.268 e. The molecule has 0 atom stereocenters. The van der Waals surface area contributed by atoms with Crippen LogP contribution in [0.1, 0.15) is 22.8 Å². The van der Waals surface area contributed by atoms with E-state index in [9.17, 15) is 9.59 Å². The van der Waals surface area contributed by atoms with E-state index in [2.05, 4.69) is 22.1 Å². The zero-order valence-electron chi connectivity index (χ0n) is 21.7. The molecule has 6 nitrogen and oxygen atoms in total. The first-order valence-electron chi connectivity index (χ1n) is 12.5. The third-order valence-corrected chi connectivity index (χ3v) is 7.10. The maximum Gasteiger partial charge on any atom is 0.265 e. The van der Waals surface area contributed by atoms with Crippen molar-refractivity contribution in [2.45, 2.75) is 27.7 Å². The van der Waals surface area contributed by atoms with E-state index in [-0.39, 0.29) is 11.1 Å². The van der Waals surface area contributed by atoms with Crippen molar-refractivity contribution in [3.63, 3.8) is 0 Å². The maximum absolute atomic E-state index is 13.3. The first kappa shape index (κ1) is 23.6. The number of hydrogen-bond donors (Lipinski definition) is 0. The van der Waals surface area contributed by atoms with Crippen molar-refractivity contribution in [3.05, 3.63) is 128 Å². The minimum atomic E-state index is -0.0750. The molecule has 2 aromatic heterocycles. The van der Waals surface area contributed by atoms with Gasteiger partial charge in [-0.25, -0.2) is 9.97 Å². The van der Waals surface area contributed by atoms with Gasteiger partial charge in [0.1, 0.15) is 11.6 Å². The highest BCUT2D eigenvalue weighted by atomic mass is 16.1. The Kier molecular flexibility index (Phi) is 5.53. The molecule has 2 heterocycles. The predicted octanol–water partition coefficient (Wildman–Crippen LogP) is 5.99. The lowest BCUT2D eigenvalue weighted by atomic mass is 9.99. The van der Waals surface area contributed by atoms with E-state index in [1.165, 1.54) is 0 Å². The smallest absolute Gasteiger partial charge is 0.265 e. The zero-order valence-corrected chi connectivity index (χ0v) is 21.7. The van der Waals surface area contributed by atoms with Crippen LogP contribution in [0, 0.1) is 27.7 Å². The zero-order chi connectivity index (χ0) is 26.6. The highest BCUT2D eigenvalue weighted by molar-refractivity contribution is 5.79. The molecule has 38 heavy (non-hydrogen) atoms. The van der Waals surface area contributed by atoms with Crippen molar-refractivity contribution < 1.29 is 0 Å². The summed E-state index contributed by atoms with van der Waals surface area (Å²) in [5.74, 6) is 1.30. The minimum absolute atomic E-state index is 0.0750. The molecular formula is C32H26N4O2. The van der Waals surface area contributed by atoms with Crippen molar-refractivity contribution in [1.29, 1.82) is 0 Å². The lowest BCUT2D eigenvalue weighted by molar-refractivity contribution is 0.887. The highest BCUT2D eigenvalue weighted by Gasteiger charge is 2.15. The summed E-state index contributed by atoms with van der Waals surface area (Å²) in [5.41, 5.74) is 6.87. The van der Waals surface area contributed by atoms with Gasteiger partial charge in [0.2, 0.25) is 0 Å². The van der Waals surface area contributed by atoms with Crippen molar-refractivity contribution in [1.82, 2.24) is 19.1 Å². The van der Waals surface area contributed by atoms with Gasteiger partial charge in [-0.2, -0.15) is 0 Å². The first-order valence-corrected chi connectivity index (χ1v) is 12.5. The Labute approximate surface area is 219 Å². The fraction of sp³-hybridized carbons (Fsp3) is 0.125. The second-order valence-electron chi connectivity index (χ2n) is 9.64. The monoisotopic (exact) mass is 498 g/mol. The number of para-hydroxylation sites is 2. The number of nitrogens with zero attached hydrogens (tertiary/aromatic N) is 4. The number of aromatic nitrogens is 4. The summed E-state index contributed by atoms with van der Waals surface area (Å²) in [6.07, 6.45) is 0. The van der Waals surface area contributed by atoms with Crippen LogP contribution in [0.4, 0.5) is 0 Å². The number of benzene rings is 4. The van der Waals surface area contributed by atoms with Crippen LogP contribution >= 0.6 is 0 Å². The Morgan fingerprint density at radius 1 is 0.526 bits per heavy atom. The summed E-state index contributed by atoms with van der Waals surface area (Å²) in [7, 11) is 0. The molecule has 0 aliphatic rings. The van der Waals surface area contributed by atoms with Gasteiger partial charge in [0.15, 0.2) is 0 Å². The van der Waals surface area contributed by atoms with Crippen LogP contribution < -0.4 is 11.1 Å². The molecule has 0 aliphatic heterocycles. The van der Waals surface area contributed by atoms with E-state index in [0.717, 1.165) is 33.6 Å². The van der Waals surface area contributed by atoms with Crippen LogP contribution in [-0.2, 0) is 0 Å². The molecule has 0 aliphatic carbocycles. The van der Waals surface area contributed by atoms with Crippen molar-refractivity contribution in [2.24, 2.45) is 0 Å². The summed E-state index contributed by atoms with van der Waals surface area (Å²) in [6.45, 7) is 7.72. The van der Waals surface area contributed by atoms with Crippen molar-refractivity contribution in [2.75, 3.05) is 0 Å². The van der Waals surface area contributed by atoms with E-state index >= 15 is 0 Å². The minimum Gasteiger partial charge on any atom is -0.268 e. The summed E-state index contributed by atoms with van der Waals surface area (Å²) in [5, 5.41) is 1.20. The van der Waals surface area contributed by atoms with Gasteiger partial charge in [0, 0.05) is 0 Å². The van der Waals surface area contributed by atoms with Crippen LogP contribution in [0.5, 0.6) is 0 Å². The van der Waals surface area contributed by atoms with Gasteiger partial charge in [0.05, 0.1) is 33.2 Å². The average Bonchev–Trinajstić information content (AvgIpc) is 2.90. The molecule has 186 valence electrons. The average molecular weight is 499 g/mol. The molecule has 0 saturated carbocycles. The molecule has 0 amide bonds. The van der Waals surface area contributed by atoms with Crippen molar-refractivity contribution in [3.8, 4) is 22.5 Å². The molecule has 0 spiro atoms. The van der Waals surface area contributed by atoms with Gasteiger partial charge >= 0.3 is 0 Å². The number of hydrogen-bond acceptors (Lipinski definition) is 4. The third kappa shape index (κ3) is 3.73. The van der Waals surface area contributed by atoms with Gasteiger partial charge in [-0.1, -0.05) is 36.4 Å². The topological polar surface area (TPSA) is 69.8 Å². The summed E-state index contributed by atoms with van der Waals surface area (Å²) < 4.78 is 3.36. The molecule has 6 rings (SSSR count). The van der Waals surface area contributed by atoms with Crippen LogP contribution in [0.3, 0.4) is 0 Å². The second kappa shape index (κ2) is 8.92. The van der Waals surface area contributed by atoms with Crippen molar-refractivity contribution >= 4 is 21.8 Å². The van der Waals surface area contributed by atoms with Crippen LogP contribution in [0.2, 0.25) is 0 Å². The fourth-order valence-corrected chi connectivity index (χ4v) is 5.23. The molecule has 0 bridgehead atoms. The fourth-order valence-electron chi connectivity index (χ4n) is 5.23. The summed E-state index contributed by atoms with van der Waals surface area (Å²) in [4.78, 5) is 35.9. The van der Waals surface area contributed by atoms with Gasteiger partial charge < -0.3 is 0 Å². The molecule has 0 radical (unpaired) electrons. The molecule has 0 saturated heterocycles. The molecule has 6 heteroatoms. The molecule has 6 aromatic rings. The lowest BCUT2D eigenvalue weighted by Gasteiger charge is -2.16. The molecule has 0 fully saturated rings. The maximum atomic E-state index is 13.3. The highest BCUT2D eigenvalue weighted by Crippen LogP contribution is 2.28. The number of aryl methyl sites for hydroxylation is 4. The Morgan fingerprint density at radius 3 is 1.32 bits per heavy atom. The van der Waals surface area contributed by atoms with Gasteiger partial charge in [0.25, 0.3) is 11.1 Å².